The minimum atomic E-state index is -0.798. The molecule has 0 aliphatic heterocycles. The van der Waals surface area contributed by atoms with E-state index in [2.05, 4.69) is 130 Å². The maximum atomic E-state index is 12.9. The van der Waals surface area contributed by atoms with Gasteiger partial charge < -0.3 is 14.2 Å². The van der Waals surface area contributed by atoms with Crippen LogP contribution in [0, 0.1) is 0 Å². The second-order valence-electron chi connectivity index (χ2n) is 21.3. The van der Waals surface area contributed by atoms with Crippen LogP contribution < -0.4 is 0 Å². The highest BCUT2D eigenvalue weighted by atomic mass is 16.6. The Balaban J connectivity index is 4.20. The van der Waals surface area contributed by atoms with Gasteiger partial charge in [-0.25, -0.2) is 0 Å². The van der Waals surface area contributed by atoms with Gasteiger partial charge in [0.15, 0.2) is 6.10 Å². The average Bonchev–Trinajstić information content (AvgIpc) is 3.43. The first kappa shape index (κ1) is 73.1. The minimum Gasteiger partial charge on any atom is -0.462 e. The van der Waals surface area contributed by atoms with E-state index in [1.165, 1.54) is 128 Å². The molecule has 0 aliphatic rings. The van der Waals surface area contributed by atoms with Crippen molar-refractivity contribution in [3.63, 3.8) is 0 Å². The maximum Gasteiger partial charge on any atom is 0.306 e. The van der Waals surface area contributed by atoms with Crippen LogP contribution in [-0.2, 0) is 28.6 Å². The van der Waals surface area contributed by atoms with Gasteiger partial charge in [0.1, 0.15) is 13.2 Å². The molecule has 0 aromatic carbocycles. The van der Waals surface area contributed by atoms with E-state index in [0.717, 1.165) is 135 Å². The Morgan fingerprint density at radius 2 is 0.506 bits per heavy atom. The highest BCUT2D eigenvalue weighted by Gasteiger charge is 2.19. The van der Waals surface area contributed by atoms with Crippen LogP contribution in [0.3, 0.4) is 0 Å². The van der Waals surface area contributed by atoms with Gasteiger partial charge in [0, 0.05) is 19.3 Å². The van der Waals surface area contributed by atoms with E-state index >= 15 is 0 Å². The van der Waals surface area contributed by atoms with Crippen molar-refractivity contribution in [1.82, 2.24) is 0 Å². The zero-order chi connectivity index (χ0) is 55.7. The summed E-state index contributed by atoms with van der Waals surface area (Å²) in [6, 6.07) is 0. The standard InChI is InChI=1S/C71H120O6/c1-4-7-10-13-16-19-22-25-27-28-29-30-31-32-33-34-35-36-37-38-39-40-41-42-44-46-49-52-55-58-61-64-70(73)76-67-68(66-75-69(72)63-60-57-54-51-48-45-24-21-18-15-12-9-6-3)77-71(74)65-62-59-56-53-50-47-43-26-23-20-17-14-11-8-5-2/h7,9-10,12,16-21,25-27,29-30,43,45,48,68H,4-6,8,11,13-15,22-24,28,31-42,44,46-47,49-67H2,1-3H3/b10-7-,12-9-,19-16-,20-17-,21-18-,27-25-,30-29-,43-26-,48-45-. The first-order chi connectivity index (χ1) is 38.0. The Morgan fingerprint density at radius 1 is 0.273 bits per heavy atom. The number of carbonyl (C=O) groups excluding carboxylic acids is 3. The lowest BCUT2D eigenvalue weighted by molar-refractivity contribution is -0.167. The lowest BCUT2D eigenvalue weighted by atomic mass is 10.0. The highest BCUT2D eigenvalue weighted by Crippen LogP contribution is 2.16. The number of unbranched alkanes of at least 4 members (excludes halogenated alkanes) is 29. The van der Waals surface area contributed by atoms with Crippen LogP contribution in [0.15, 0.2) is 109 Å². The normalized spacial score (nSPS) is 12.8. The van der Waals surface area contributed by atoms with Crippen molar-refractivity contribution in [3.05, 3.63) is 109 Å². The molecule has 0 fully saturated rings. The van der Waals surface area contributed by atoms with E-state index in [9.17, 15) is 14.4 Å². The van der Waals surface area contributed by atoms with Gasteiger partial charge in [-0.1, -0.05) is 271 Å². The summed E-state index contributed by atoms with van der Waals surface area (Å²) in [6.07, 6.45) is 88.3. The molecular formula is C71H120O6. The molecule has 0 aliphatic carbocycles. The molecule has 0 aromatic rings. The Bertz CT molecular complexity index is 1560. The van der Waals surface area contributed by atoms with Gasteiger partial charge in [-0.2, -0.15) is 0 Å². The molecule has 77 heavy (non-hydrogen) atoms. The summed E-state index contributed by atoms with van der Waals surface area (Å²) >= 11 is 0. The van der Waals surface area contributed by atoms with Crippen molar-refractivity contribution < 1.29 is 28.6 Å². The predicted molar refractivity (Wildman–Crippen MR) is 334 cm³/mol. The van der Waals surface area contributed by atoms with Crippen LogP contribution in [0.2, 0.25) is 0 Å². The van der Waals surface area contributed by atoms with Crippen LogP contribution in [0.25, 0.3) is 0 Å². The molecule has 0 saturated carbocycles. The SMILES string of the molecule is CC/C=C\C/C=C\C/C=C\C/C=C\CCCCCCCCCCCCCCCCCCCCC(=O)OCC(COC(=O)CCCCC/C=C\C/C=C\C/C=C\CC)OC(=O)CCCCCCC/C=C\C/C=C\CCCCC. The van der Waals surface area contributed by atoms with Crippen LogP contribution in [0.5, 0.6) is 0 Å². The summed E-state index contributed by atoms with van der Waals surface area (Å²) in [6.45, 7) is 6.37. The molecule has 0 bridgehead atoms. The number of carbonyl (C=O) groups is 3. The zero-order valence-corrected chi connectivity index (χ0v) is 50.4. The first-order valence-electron chi connectivity index (χ1n) is 32.4. The van der Waals surface area contributed by atoms with Gasteiger partial charge in [0.25, 0.3) is 0 Å². The molecule has 0 amide bonds. The van der Waals surface area contributed by atoms with E-state index < -0.39 is 6.10 Å². The summed E-state index contributed by atoms with van der Waals surface area (Å²) in [5, 5.41) is 0. The average molecular weight is 1070 g/mol. The molecule has 0 heterocycles. The third kappa shape index (κ3) is 62.8. The molecule has 0 radical (unpaired) electrons. The van der Waals surface area contributed by atoms with Gasteiger partial charge in [0.2, 0.25) is 0 Å². The van der Waals surface area contributed by atoms with Gasteiger partial charge >= 0.3 is 17.9 Å². The van der Waals surface area contributed by atoms with Gasteiger partial charge in [-0.15, -0.1) is 0 Å². The first-order valence-corrected chi connectivity index (χ1v) is 32.4. The summed E-state index contributed by atoms with van der Waals surface area (Å²) in [5.41, 5.74) is 0. The Labute approximate surface area is 476 Å². The smallest absolute Gasteiger partial charge is 0.306 e. The van der Waals surface area contributed by atoms with E-state index in [1.54, 1.807) is 0 Å². The zero-order valence-electron chi connectivity index (χ0n) is 50.4. The molecule has 0 saturated heterocycles. The van der Waals surface area contributed by atoms with E-state index in [1.807, 2.05) is 0 Å². The number of rotatable bonds is 58. The quantitative estimate of drug-likeness (QED) is 0.0261. The number of ether oxygens (including phenoxy) is 3. The topological polar surface area (TPSA) is 78.9 Å². The molecule has 0 aromatic heterocycles. The predicted octanol–water partition coefficient (Wildman–Crippen LogP) is 22.2. The summed E-state index contributed by atoms with van der Waals surface area (Å²) in [5.74, 6) is -0.929. The van der Waals surface area contributed by atoms with Crippen LogP contribution >= 0.6 is 0 Å². The molecule has 0 rings (SSSR count). The van der Waals surface area contributed by atoms with Crippen molar-refractivity contribution in [2.24, 2.45) is 0 Å². The number of allylic oxidation sites excluding steroid dienone is 18. The summed E-state index contributed by atoms with van der Waals surface area (Å²) in [7, 11) is 0. The van der Waals surface area contributed by atoms with Crippen molar-refractivity contribution in [2.75, 3.05) is 13.2 Å². The molecule has 6 heteroatoms. The Morgan fingerprint density at radius 3 is 0.805 bits per heavy atom. The molecule has 6 nitrogen and oxygen atoms in total. The minimum absolute atomic E-state index is 0.0917. The van der Waals surface area contributed by atoms with E-state index in [-0.39, 0.29) is 31.1 Å². The second-order valence-corrected chi connectivity index (χ2v) is 21.3. The molecule has 1 unspecified atom stereocenters. The third-order valence-electron chi connectivity index (χ3n) is 13.7. The van der Waals surface area contributed by atoms with Crippen LogP contribution in [0.4, 0.5) is 0 Å². The fourth-order valence-corrected chi connectivity index (χ4v) is 8.95. The largest absolute Gasteiger partial charge is 0.462 e. The third-order valence-corrected chi connectivity index (χ3v) is 13.7. The molecular weight excluding hydrogens is 949 g/mol. The molecule has 0 N–H and O–H groups in total. The van der Waals surface area contributed by atoms with E-state index in [0.29, 0.717) is 19.3 Å². The Hall–Kier alpha value is -3.93. The van der Waals surface area contributed by atoms with Gasteiger partial charge in [-0.05, 0) is 122 Å². The van der Waals surface area contributed by atoms with Crippen molar-refractivity contribution in [2.45, 2.75) is 309 Å². The van der Waals surface area contributed by atoms with E-state index in [4.69, 9.17) is 14.2 Å². The number of esters is 3. The maximum absolute atomic E-state index is 12.9. The lowest BCUT2D eigenvalue weighted by Crippen LogP contribution is -2.30. The fourth-order valence-electron chi connectivity index (χ4n) is 8.95. The monoisotopic (exact) mass is 1070 g/mol. The lowest BCUT2D eigenvalue weighted by Gasteiger charge is -2.18. The molecule has 440 valence electrons. The van der Waals surface area contributed by atoms with Crippen LogP contribution in [-0.4, -0.2) is 37.2 Å². The highest BCUT2D eigenvalue weighted by molar-refractivity contribution is 5.71. The summed E-state index contributed by atoms with van der Waals surface area (Å²) in [4.78, 5) is 38.2. The Kier molecular flexibility index (Phi) is 61.3. The molecule has 0 spiro atoms. The molecule has 1 atom stereocenters. The fraction of sp³-hybridized carbons (Fsp3) is 0.704. The number of hydrogen-bond acceptors (Lipinski definition) is 6. The van der Waals surface area contributed by atoms with Gasteiger partial charge in [0.05, 0.1) is 0 Å². The van der Waals surface area contributed by atoms with Crippen molar-refractivity contribution in [1.29, 1.82) is 0 Å². The van der Waals surface area contributed by atoms with Crippen molar-refractivity contribution in [3.8, 4) is 0 Å². The number of hydrogen-bond donors (Lipinski definition) is 0. The van der Waals surface area contributed by atoms with Gasteiger partial charge in [-0.3, -0.25) is 14.4 Å². The summed E-state index contributed by atoms with van der Waals surface area (Å²) < 4.78 is 16.9. The second kappa shape index (κ2) is 64.6. The van der Waals surface area contributed by atoms with Crippen molar-refractivity contribution >= 4 is 17.9 Å². The van der Waals surface area contributed by atoms with Crippen LogP contribution in [0.1, 0.15) is 303 Å².